The van der Waals surface area contributed by atoms with E-state index in [0.29, 0.717) is 0 Å². The quantitative estimate of drug-likeness (QED) is 0.817. The Morgan fingerprint density at radius 3 is 2.56 bits per heavy atom. The topological polar surface area (TPSA) is 58.6 Å². The maximum atomic E-state index is 11.9. The van der Waals surface area contributed by atoms with E-state index in [1.54, 1.807) is 0 Å². The van der Waals surface area contributed by atoms with Gasteiger partial charge in [-0.15, -0.1) is 13.2 Å². The van der Waals surface area contributed by atoms with Crippen molar-refractivity contribution in [3.05, 3.63) is 0 Å². The maximum Gasteiger partial charge on any atom is 0.522 e. The van der Waals surface area contributed by atoms with E-state index in [1.165, 1.54) is 18.7 Å². The second-order valence-electron chi connectivity index (χ2n) is 4.51. The Balaban J connectivity index is 2.59. The minimum absolute atomic E-state index is 0.0706. The molecule has 1 saturated heterocycles. The summed E-state index contributed by atoms with van der Waals surface area (Å²) in [6, 6.07) is 0. The van der Waals surface area contributed by atoms with Gasteiger partial charge in [0.25, 0.3) is 0 Å². The lowest BCUT2D eigenvalue weighted by Crippen LogP contribution is -2.53. The Hall–Kier alpha value is -1.31. The van der Waals surface area contributed by atoms with Crippen LogP contribution in [0.1, 0.15) is 20.3 Å². The van der Waals surface area contributed by atoms with Gasteiger partial charge in [-0.25, -0.2) is 0 Å². The predicted octanol–water partition coefficient (Wildman–Crippen LogP) is 0.650. The number of nitrogens with zero attached hydrogens (tertiary/aromatic N) is 1. The second-order valence-corrected chi connectivity index (χ2v) is 4.51. The van der Waals surface area contributed by atoms with Crippen LogP contribution in [0.3, 0.4) is 0 Å². The van der Waals surface area contributed by atoms with E-state index in [0.717, 1.165) is 0 Å². The van der Waals surface area contributed by atoms with Gasteiger partial charge in [0.2, 0.25) is 11.8 Å². The normalized spacial score (nSPS) is 20.6. The fourth-order valence-electron chi connectivity index (χ4n) is 1.68. The SMILES string of the molecule is CC1(C)NC(=O)CCN(CCOC(F)(F)F)C1=O. The van der Waals surface area contributed by atoms with Crippen molar-refractivity contribution in [3.8, 4) is 0 Å². The second kappa shape index (κ2) is 5.13. The Labute approximate surface area is 102 Å². The van der Waals surface area contributed by atoms with Gasteiger partial charge in [0, 0.05) is 19.5 Å². The highest BCUT2D eigenvalue weighted by atomic mass is 19.4. The fraction of sp³-hybridized carbons (Fsp3) is 0.800. The monoisotopic (exact) mass is 268 g/mol. The molecule has 0 aromatic carbocycles. The number of rotatable bonds is 3. The summed E-state index contributed by atoms with van der Waals surface area (Å²) < 4.78 is 39.0. The van der Waals surface area contributed by atoms with Gasteiger partial charge >= 0.3 is 6.36 Å². The fourth-order valence-corrected chi connectivity index (χ4v) is 1.68. The van der Waals surface area contributed by atoms with Crippen molar-refractivity contribution in [1.29, 1.82) is 0 Å². The molecule has 5 nitrogen and oxygen atoms in total. The zero-order valence-electron chi connectivity index (χ0n) is 10.1. The van der Waals surface area contributed by atoms with E-state index >= 15 is 0 Å². The van der Waals surface area contributed by atoms with Crippen LogP contribution in [0.5, 0.6) is 0 Å². The van der Waals surface area contributed by atoms with E-state index in [1.807, 2.05) is 0 Å². The first-order valence-electron chi connectivity index (χ1n) is 5.43. The number of carbonyl (C=O) groups excluding carboxylic acids is 2. The van der Waals surface area contributed by atoms with Crippen LogP contribution in [0, 0.1) is 0 Å². The van der Waals surface area contributed by atoms with Gasteiger partial charge < -0.3 is 10.2 Å². The van der Waals surface area contributed by atoms with E-state index in [2.05, 4.69) is 10.1 Å². The average Bonchev–Trinajstić information content (AvgIpc) is 2.27. The molecule has 1 heterocycles. The molecule has 1 rings (SSSR count). The van der Waals surface area contributed by atoms with E-state index in [4.69, 9.17) is 0 Å². The number of amides is 2. The summed E-state index contributed by atoms with van der Waals surface area (Å²) in [4.78, 5) is 24.5. The van der Waals surface area contributed by atoms with E-state index in [-0.39, 0.29) is 25.4 Å². The smallest absolute Gasteiger partial charge is 0.342 e. The third kappa shape index (κ3) is 4.17. The minimum Gasteiger partial charge on any atom is -0.342 e. The molecular weight excluding hydrogens is 253 g/mol. The molecule has 2 amide bonds. The lowest BCUT2D eigenvalue weighted by atomic mass is 10.0. The number of hydrogen-bond acceptors (Lipinski definition) is 3. The Kier molecular flexibility index (Phi) is 4.20. The third-order valence-corrected chi connectivity index (χ3v) is 2.51. The van der Waals surface area contributed by atoms with Crippen LogP contribution in [0.2, 0.25) is 0 Å². The largest absolute Gasteiger partial charge is 0.522 e. The van der Waals surface area contributed by atoms with Crippen LogP contribution in [0.4, 0.5) is 13.2 Å². The first-order valence-corrected chi connectivity index (χ1v) is 5.43. The third-order valence-electron chi connectivity index (χ3n) is 2.51. The van der Waals surface area contributed by atoms with Crippen LogP contribution >= 0.6 is 0 Å². The first kappa shape index (κ1) is 14.7. The van der Waals surface area contributed by atoms with Gasteiger partial charge in [-0.05, 0) is 13.8 Å². The van der Waals surface area contributed by atoms with Crippen LogP contribution in [-0.2, 0) is 14.3 Å². The van der Waals surface area contributed by atoms with Crippen molar-refractivity contribution < 1.29 is 27.5 Å². The molecule has 1 N–H and O–H groups in total. The van der Waals surface area contributed by atoms with Crippen molar-refractivity contribution in [2.24, 2.45) is 0 Å². The molecule has 1 aliphatic heterocycles. The van der Waals surface area contributed by atoms with Gasteiger partial charge in [-0.1, -0.05) is 0 Å². The van der Waals surface area contributed by atoms with Gasteiger partial charge in [-0.3, -0.25) is 14.3 Å². The molecule has 0 radical (unpaired) electrons. The van der Waals surface area contributed by atoms with Crippen molar-refractivity contribution in [3.63, 3.8) is 0 Å². The summed E-state index contributed by atoms with van der Waals surface area (Å²) in [6.07, 6.45) is -4.64. The van der Waals surface area contributed by atoms with Gasteiger partial charge in [0.1, 0.15) is 5.54 Å². The van der Waals surface area contributed by atoms with Crippen molar-refractivity contribution >= 4 is 11.8 Å². The molecule has 0 aromatic heterocycles. The molecule has 8 heteroatoms. The molecule has 0 atom stereocenters. The summed E-state index contributed by atoms with van der Waals surface area (Å²) >= 11 is 0. The van der Waals surface area contributed by atoms with Crippen molar-refractivity contribution in [1.82, 2.24) is 10.2 Å². The summed E-state index contributed by atoms with van der Waals surface area (Å²) in [6.45, 7) is 2.28. The first-order chi connectivity index (χ1) is 8.12. The van der Waals surface area contributed by atoms with Crippen LogP contribution in [0.25, 0.3) is 0 Å². The number of carbonyl (C=O) groups is 2. The van der Waals surface area contributed by atoms with Crippen LogP contribution < -0.4 is 5.32 Å². The molecule has 0 aromatic rings. The number of alkyl halides is 3. The van der Waals surface area contributed by atoms with Gasteiger partial charge in [0.05, 0.1) is 6.61 Å². The van der Waals surface area contributed by atoms with E-state index < -0.39 is 24.4 Å². The highest BCUT2D eigenvalue weighted by Crippen LogP contribution is 2.17. The minimum atomic E-state index is -4.71. The molecular formula is C10H15F3N2O3. The molecule has 0 spiro atoms. The Bertz CT molecular complexity index is 342. The molecule has 1 fully saturated rings. The zero-order valence-corrected chi connectivity index (χ0v) is 10.1. The summed E-state index contributed by atoms with van der Waals surface area (Å²) in [7, 11) is 0. The maximum absolute atomic E-state index is 11.9. The van der Waals surface area contributed by atoms with Crippen LogP contribution in [0.15, 0.2) is 0 Å². The number of nitrogens with one attached hydrogen (secondary N) is 1. The summed E-state index contributed by atoms with van der Waals surface area (Å²) in [5.41, 5.74) is -1.11. The van der Waals surface area contributed by atoms with E-state index in [9.17, 15) is 22.8 Å². The molecule has 1 aliphatic rings. The summed E-state index contributed by atoms with van der Waals surface area (Å²) in [5, 5.41) is 2.51. The lowest BCUT2D eigenvalue weighted by molar-refractivity contribution is -0.324. The number of ether oxygens (including phenoxy) is 1. The number of hydrogen-bond donors (Lipinski definition) is 1. The lowest BCUT2D eigenvalue weighted by Gasteiger charge is -2.28. The molecule has 104 valence electrons. The standard InChI is InChI=1S/C10H15F3N2O3/c1-9(2)8(17)15(4-3-7(16)14-9)5-6-18-10(11,12)13/h3-6H2,1-2H3,(H,14,16). The Morgan fingerprint density at radius 2 is 2.00 bits per heavy atom. The summed E-state index contributed by atoms with van der Waals surface area (Å²) in [5.74, 6) is -0.716. The molecule has 0 bridgehead atoms. The highest BCUT2D eigenvalue weighted by molar-refractivity contribution is 5.92. The molecule has 18 heavy (non-hydrogen) atoms. The number of halogens is 3. The van der Waals surface area contributed by atoms with Crippen molar-refractivity contribution in [2.45, 2.75) is 32.2 Å². The van der Waals surface area contributed by atoms with Crippen LogP contribution in [-0.4, -0.2) is 48.3 Å². The molecule has 0 unspecified atom stereocenters. The highest BCUT2D eigenvalue weighted by Gasteiger charge is 2.37. The van der Waals surface area contributed by atoms with Gasteiger partial charge in [0.15, 0.2) is 0 Å². The van der Waals surface area contributed by atoms with Gasteiger partial charge in [-0.2, -0.15) is 0 Å². The average molecular weight is 268 g/mol. The predicted molar refractivity (Wildman–Crippen MR) is 55.4 cm³/mol. The molecule has 0 saturated carbocycles. The zero-order chi connectivity index (χ0) is 14.0. The Morgan fingerprint density at radius 1 is 1.39 bits per heavy atom. The molecule has 0 aliphatic carbocycles. The van der Waals surface area contributed by atoms with Crippen molar-refractivity contribution in [2.75, 3.05) is 19.7 Å².